The largest absolute Gasteiger partial charge is 0.469 e. The average molecular weight is 448 g/mol. The van der Waals surface area contributed by atoms with Crippen LogP contribution in [0.1, 0.15) is 12.0 Å². The second-order valence-electron chi connectivity index (χ2n) is 7.78. The summed E-state index contributed by atoms with van der Waals surface area (Å²) in [6.07, 6.45) is -1.16. The molecule has 2 heterocycles. The molecule has 174 valence electrons. The Bertz CT molecular complexity index is 876. The van der Waals surface area contributed by atoms with Gasteiger partial charge in [-0.3, -0.25) is 29.0 Å². The van der Waals surface area contributed by atoms with Crippen molar-refractivity contribution in [1.29, 1.82) is 0 Å². The Balaban J connectivity index is 2.15. The molecule has 1 aromatic carbocycles. The van der Waals surface area contributed by atoms with Crippen LogP contribution in [0.15, 0.2) is 30.3 Å². The first-order valence-corrected chi connectivity index (χ1v) is 10.2. The Morgan fingerprint density at radius 1 is 0.906 bits per heavy atom. The van der Waals surface area contributed by atoms with E-state index in [-0.39, 0.29) is 0 Å². The lowest BCUT2D eigenvalue weighted by Gasteiger charge is -2.37. The monoisotopic (exact) mass is 448 g/mol. The first-order valence-electron chi connectivity index (χ1n) is 10.2. The number of benzene rings is 1. The van der Waals surface area contributed by atoms with E-state index < -0.39 is 53.8 Å². The quantitative estimate of drug-likeness (QED) is 0.423. The molecule has 3 rings (SSSR count). The van der Waals surface area contributed by atoms with E-state index in [0.717, 1.165) is 5.56 Å². The molecule has 2 fully saturated rings. The number of hydrogen-bond acceptors (Lipinski definition) is 10. The number of fused-ring (bicyclic) bond motifs is 1. The van der Waals surface area contributed by atoms with Crippen molar-refractivity contribution < 1.29 is 38.1 Å². The number of carbonyl (C=O) groups is 4. The number of ether oxygens (including phenoxy) is 4. The maximum atomic E-state index is 13.2. The van der Waals surface area contributed by atoms with Gasteiger partial charge in [0.15, 0.2) is 0 Å². The molecule has 10 heteroatoms. The van der Waals surface area contributed by atoms with Crippen LogP contribution in [0, 0.1) is 11.8 Å². The molecule has 0 saturated carbocycles. The molecular formula is C22H28N2O8. The molecule has 0 bridgehead atoms. The predicted octanol–water partition coefficient (Wildman–Crippen LogP) is 0.197. The second-order valence-corrected chi connectivity index (χ2v) is 7.78. The summed E-state index contributed by atoms with van der Waals surface area (Å²) in [6.45, 7) is 1.30. The molecule has 32 heavy (non-hydrogen) atoms. The molecule has 0 aliphatic carbocycles. The zero-order chi connectivity index (χ0) is 23.5. The molecule has 2 aliphatic heterocycles. The van der Waals surface area contributed by atoms with E-state index in [0.29, 0.717) is 19.6 Å². The van der Waals surface area contributed by atoms with Crippen molar-refractivity contribution in [3.63, 3.8) is 0 Å². The van der Waals surface area contributed by atoms with E-state index in [4.69, 9.17) is 18.9 Å². The molecule has 0 amide bonds. The summed E-state index contributed by atoms with van der Waals surface area (Å²) >= 11 is 0. The summed E-state index contributed by atoms with van der Waals surface area (Å²) in [7, 11) is 4.75. The molecular weight excluding hydrogens is 420 g/mol. The number of methoxy groups -OCH3 is 4. The van der Waals surface area contributed by atoms with Crippen molar-refractivity contribution in [2.75, 3.05) is 41.5 Å². The van der Waals surface area contributed by atoms with Gasteiger partial charge in [0.1, 0.15) is 17.4 Å². The van der Waals surface area contributed by atoms with Crippen LogP contribution in [-0.4, -0.2) is 86.9 Å². The van der Waals surface area contributed by atoms with Crippen molar-refractivity contribution >= 4 is 23.9 Å². The Labute approximate surface area is 186 Å². The fourth-order valence-corrected chi connectivity index (χ4v) is 5.05. The maximum Gasteiger partial charge on any atom is 0.327 e. The van der Waals surface area contributed by atoms with Gasteiger partial charge < -0.3 is 18.9 Å². The third-order valence-electron chi connectivity index (χ3n) is 6.37. The van der Waals surface area contributed by atoms with Crippen molar-refractivity contribution in [3.05, 3.63) is 35.9 Å². The molecule has 0 N–H and O–H groups in total. The minimum absolute atomic E-state index is 0.324. The lowest BCUT2D eigenvalue weighted by atomic mass is 9.76. The van der Waals surface area contributed by atoms with Crippen LogP contribution in [0.4, 0.5) is 0 Å². The number of nitrogens with zero attached hydrogens (tertiary/aromatic N) is 2. The van der Waals surface area contributed by atoms with E-state index in [1.54, 1.807) is 4.90 Å². The van der Waals surface area contributed by atoms with E-state index in [1.807, 2.05) is 35.2 Å². The van der Waals surface area contributed by atoms with Crippen LogP contribution >= 0.6 is 0 Å². The number of carbonyl (C=O) groups excluding carboxylic acids is 4. The van der Waals surface area contributed by atoms with Gasteiger partial charge in [-0.15, -0.1) is 0 Å². The number of esters is 4. The minimum Gasteiger partial charge on any atom is -0.469 e. The lowest BCUT2D eigenvalue weighted by Crippen LogP contribution is -2.59. The zero-order valence-electron chi connectivity index (χ0n) is 18.6. The van der Waals surface area contributed by atoms with Crippen LogP contribution < -0.4 is 0 Å². The normalized spacial score (nSPS) is 27.4. The lowest BCUT2D eigenvalue weighted by molar-refractivity contribution is -0.171. The van der Waals surface area contributed by atoms with E-state index >= 15 is 0 Å². The Kier molecular flexibility index (Phi) is 7.15. The summed E-state index contributed by atoms with van der Waals surface area (Å²) in [4.78, 5) is 55.3. The van der Waals surface area contributed by atoms with Crippen molar-refractivity contribution in [2.45, 2.75) is 24.7 Å². The zero-order valence-corrected chi connectivity index (χ0v) is 18.6. The van der Waals surface area contributed by atoms with E-state index in [1.165, 1.54) is 28.4 Å². The van der Waals surface area contributed by atoms with Gasteiger partial charge in [-0.2, -0.15) is 0 Å². The first kappa shape index (κ1) is 23.7. The van der Waals surface area contributed by atoms with Gasteiger partial charge in [0.25, 0.3) is 0 Å². The van der Waals surface area contributed by atoms with Gasteiger partial charge in [-0.05, 0) is 5.56 Å². The van der Waals surface area contributed by atoms with Gasteiger partial charge >= 0.3 is 23.9 Å². The number of hydrogen-bond donors (Lipinski definition) is 0. The molecule has 0 unspecified atom stereocenters. The third kappa shape index (κ3) is 3.84. The van der Waals surface area contributed by atoms with Crippen molar-refractivity contribution in [2.24, 2.45) is 11.8 Å². The highest BCUT2D eigenvalue weighted by molar-refractivity contribution is 5.96. The molecule has 0 aromatic heterocycles. The van der Waals surface area contributed by atoms with Gasteiger partial charge in [-0.1, -0.05) is 30.3 Å². The summed E-state index contributed by atoms with van der Waals surface area (Å²) in [5.41, 5.74) is -0.778. The summed E-state index contributed by atoms with van der Waals surface area (Å²) in [5, 5.41) is 0. The van der Waals surface area contributed by atoms with Gasteiger partial charge in [0.05, 0.1) is 41.0 Å². The second kappa shape index (κ2) is 9.66. The van der Waals surface area contributed by atoms with E-state index in [9.17, 15) is 19.2 Å². The standard InChI is InChI=1S/C22H28N2O8/c1-29-15(25)12-22(21(28)32-4)17(20(27)31-3)16(19(26)30-2)18-23(10-11-24(18)22)13-14-8-6-5-7-9-14/h5-9,16-18H,10-13H2,1-4H3/t16-,17+,18-,22+/m1/s1. The fourth-order valence-electron chi connectivity index (χ4n) is 5.05. The van der Waals surface area contributed by atoms with Crippen LogP contribution in [0.5, 0.6) is 0 Å². The average Bonchev–Trinajstić information content (AvgIpc) is 3.35. The summed E-state index contributed by atoms with van der Waals surface area (Å²) < 4.78 is 19.9. The van der Waals surface area contributed by atoms with Crippen LogP contribution in [0.25, 0.3) is 0 Å². The molecule has 0 spiro atoms. The Morgan fingerprint density at radius 2 is 1.56 bits per heavy atom. The highest BCUT2D eigenvalue weighted by Crippen LogP contribution is 2.50. The van der Waals surface area contributed by atoms with Gasteiger partial charge in [-0.25, -0.2) is 0 Å². The van der Waals surface area contributed by atoms with Gasteiger partial charge in [0, 0.05) is 19.6 Å². The molecule has 1 aromatic rings. The Morgan fingerprint density at radius 3 is 2.12 bits per heavy atom. The smallest absolute Gasteiger partial charge is 0.327 e. The van der Waals surface area contributed by atoms with Crippen LogP contribution in [0.3, 0.4) is 0 Å². The predicted molar refractivity (Wildman–Crippen MR) is 110 cm³/mol. The van der Waals surface area contributed by atoms with Crippen molar-refractivity contribution in [3.8, 4) is 0 Å². The van der Waals surface area contributed by atoms with Crippen LogP contribution in [0.2, 0.25) is 0 Å². The van der Waals surface area contributed by atoms with Gasteiger partial charge in [0.2, 0.25) is 0 Å². The minimum atomic E-state index is -1.77. The van der Waals surface area contributed by atoms with E-state index in [2.05, 4.69) is 0 Å². The number of rotatable bonds is 7. The summed E-state index contributed by atoms with van der Waals surface area (Å²) in [6, 6.07) is 9.61. The highest BCUT2D eigenvalue weighted by atomic mass is 16.5. The van der Waals surface area contributed by atoms with Crippen LogP contribution in [-0.2, 0) is 44.7 Å². The topological polar surface area (TPSA) is 112 Å². The van der Waals surface area contributed by atoms with Crippen molar-refractivity contribution in [1.82, 2.24) is 9.80 Å². The Hall–Kier alpha value is -2.98. The molecule has 10 nitrogen and oxygen atoms in total. The molecule has 2 aliphatic rings. The SMILES string of the molecule is COC(=O)C[C@@]1(C(=O)OC)[C@H](C(=O)OC)[C@@H](C(=O)OC)[C@@H]2N(Cc3ccccc3)CCN21. The molecule has 2 saturated heterocycles. The third-order valence-corrected chi connectivity index (χ3v) is 6.37. The molecule has 0 radical (unpaired) electrons. The summed E-state index contributed by atoms with van der Waals surface area (Å²) in [5.74, 6) is -5.40. The maximum absolute atomic E-state index is 13.2. The molecule has 4 atom stereocenters. The first-order chi connectivity index (χ1) is 15.3. The highest BCUT2D eigenvalue weighted by Gasteiger charge is 2.71. The fraction of sp³-hybridized carbons (Fsp3) is 0.545.